The summed E-state index contributed by atoms with van der Waals surface area (Å²) in [5.41, 5.74) is 0.0173. The SMILES string of the molecule is CC(O)COc1cc(OCC(C)O)cc(C(=O)O)c1. The topological polar surface area (TPSA) is 96.2 Å². The van der Waals surface area contributed by atoms with Gasteiger partial charge in [-0.2, -0.15) is 0 Å². The van der Waals surface area contributed by atoms with Crippen molar-refractivity contribution in [3.05, 3.63) is 23.8 Å². The first-order chi connectivity index (χ1) is 8.88. The van der Waals surface area contributed by atoms with E-state index in [1.54, 1.807) is 13.8 Å². The standard InChI is InChI=1S/C13H18O6/c1-8(14)6-18-11-3-10(13(16)17)4-12(5-11)19-7-9(2)15/h3-5,8-9,14-15H,6-7H2,1-2H3,(H,16,17). The number of aromatic carboxylic acids is 1. The molecule has 2 unspecified atom stereocenters. The van der Waals surface area contributed by atoms with E-state index >= 15 is 0 Å². The van der Waals surface area contributed by atoms with E-state index in [1.165, 1.54) is 18.2 Å². The second-order valence-corrected chi connectivity index (χ2v) is 4.32. The molecular formula is C13H18O6. The lowest BCUT2D eigenvalue weighted by Crippen LogP contribution is -2.14. The average molecular weight is 270 g/mol. The molecule has 19 heavy (non-hydrogen) atoms. The molecule has 0 saturated heterocycles. The summed E-state index contributed by atoms with van der Waals surface area (Å²) in [6.45, 7) is 3.23. The quantitative estimate of drug-likeness (QED) is 0.681. The van der Waals surface area contributed by atoms with Gasteiger partial charge >= 0.3 is 5.97 Å². The maximum atomic E-state index is 11.0. The highest BCUT2D eigenvalue weighted by molar-refractivity contribution is 5.88. The molecule has 1 aromatic rings. The van der Waals surface area contributed by atoms with Crippen LogP contribution in [-0.4, -0.2) is 46.7 Å². The van der Waals surface area contributed by atoms with Crippen molar-refractivity contribution in [2.75, 3.05) is 13.2 Å². The Morgan fingerprint density at radius 2 is 1.47 bits per heavy atom. The minimum absolute atomic E-state index is 0.0173. The minimum atomic E-state index is -1.11. The molecular weight excluding hydrogens is 252 g/mol. The van der Waals surface area contributed by atoms with E-state index in [0.717, 1.165) is 0 Å². The van der Waals surface area contributed by atoms with Crippen molar-refractivity contribution in [2.45, 2.75) is 26.1 Å². The third-order valence-corrected chi connectivity index (χ3v) is 2.11. The summed E-state index contributed by atoms with van der Waals surface area (Å²) in [6, 6.07) is 4.21. The van der Waals surface area contributed by atoms with Gasteiger partial charge < -0.3 is 24.8 Å². The Kier molecular flexibility index (Phi) is 5.59. The van der Waals surface area contributed by atoms with Crippen LogP contribution in [0.2, 0.25) is 0 Å². The van der Waals surface area contributed by atoms with Gasteiger partial charge in [-0.05, 0) is 26.0 Å². The second kappa shape index (κ2) is 6.96. The van der Waals surface area contributed by atoms with Gasteiger partial charge in [0.25, 0.3) is 0 Å². The van der Waals surface area contributed by atoms with Gasteiger partial charge in [0.1, 0.15) is 24.7 Å². The molecule has 0 saturated carbocycles. The van der Waals surface area contributed by atoms with E-state index < -0.39 is 18.2 Å². The summed E-state index contributed by atoms with van der Waals surface area (Å²) >= 11 is 0. The maximum Gasteiger partial charge on any atom is 0.335 e. The number of aliphatic hydroxyl groups excluding tert-OH is 2. The van der Waals surface area contributed by atoms with Crippen molar-refractivity contribution in [1.29, 1.82) is 0 Å². The van der Waals surface area contributed by atoms with Crippen molar-refractivity contribution in [2.24, 2.45) is 0 Å². The number of aliphatic hydroxyl groups is 2. The molecule has 0 aliphatic carbocycles. The lowest BCUT2D eigenvalue weighted by atomic mass is 10.2. The molecule has 2 atom stereocenters. The zero-order chi connectivity index (χ0) is 14.4. The molecule has 1 aromatic carbocycles. The molecule has 0 spiro atoms. The first-order valence-electron chi connectivity index (χ1n) is 5.88. The van der Waals surface area contributed by atoms with E-state index in [4.69, 9.17) is 24.8 Å². The van der Waals surface area contributed by atoms with E-state index in [-0.39, 0.29) is 18.8 Å². The molecule has 0 aliphatic rings. The van der Waals surface area contributed by atoms with Gasteiger partial charge in [-0.3, -0.25) is 0 Å². The van der Waals surface area contributed by atoms with Gasteiger partial charge in [-0.1, -0.05) is 0 Å². The van der Waals surface area contributed by atoms with E-state index in [0.29, 0.717) is 11.5 Å². The predicted octanol–water partition coefficient (Wildman–Crippen LogP) is 0.904. The number of benzene rings is 1. The molecule has 6 nitrogen and oxygen atoms in total. The van der Waals surface area contributed by atoms with Crippen LogP contribution < -0.4 is 9.47 Å². The third-order valence-electron chi connectivity index (χ3n) is 2.11. The maximum absolute atomic E-state index is 11.0. The largest absolute Gasteiger partial charge is 0.491 e. The number of hydrogen-bond donors (Lipinski definition) is 3. The van der Waals surface area contributed by atoms with Crippen LogP contribution in [0, 0.1) is 0 Å². The van der Waals surface area contributed by atoms with Gasteiger partial charge in [-0.25, -0.2) is 4.79 Å². The van der Waals surface area contributed by atoms with Crippen LogP contribution in [0.15, 0.2) is 18.2 Å². The highest BCUT2D eigenvalue weighted by Crippen LogP contribution is 2.23. The van der Waals surface area contributed by atoms with Crippen molar-refractivity contribution < 1.29 is 29.6 Å². The molecule has 0 bridgehead atoms. The van der Waals surface area contributed by atoms with Crippen LogP contribution in [0.3, 0.4) is 0 Å². The summed E-state index contributed by atoms with van der Waals surface area (Å²) in [6.07, 6.45) is -1.31. The van der Waals surface area contributed by atoms with E-state index in [2.05, 4.69) is 0 Å². The molecule has 3 N–H and O–H groups in total. The molecule has 0 amide bonds. The number of hydrogen-bond acceptors (Lipinski definition) is 5. The van der Waals surface area contributed by atoms with Crippen LogP contribution >= 0.6 is 0 Å². The van der Waals surface area contributed by atoms with Crippen LogP contribution in [0.25, 0.3) is 0 Å². The van der Waals surface area contributed by atoms with Gasteiger partial charge in [-0.15, -0.1) is 0 Å². The molecule has 0 heterocycles. The van der Waals surface area contributed by atoms with Crippen LogP contribution in [0.1, 0.15) is 24.2 Å². The molecule has 0 fully saturated rings. The number of carboxylic acids is 1. The first-order valence-corrected chi connectivity index (χ1v) is 5.88. The summed E-state index contributed by atoms with van der Waals surface area (Å²) in [4.78, 5) is 11.0. The summed E-state index contributed by atoms with van der Waals surface area (Å²) in [5, 5.41) is 27.2. The summed E-state index contributed by atoms with van der Waals surface area (Å²) < 4.78 is 10.5. The van der Waals surface area contributed by atoms with Crippen LogP contribution in [0.4, 0.5) is 0 Å². The molecule has 6 heteroatoms. The lowest BCUT2D eigenvalue weighted by Gasteiger charge is -2.12. The van der Waals surface area contributed by atoms with Crippen LogP contribution in [0.5, 0.6) is 11.5 Å². The summed E-state index contributed by atoms with van der Waals surface area (Å²) in [7, 11) is 0. The van der Waals surface area contributed by atoms with Gasteiger partial charge in [0.15, 0.2) is 0 Å². The Balaban J connectivity index is 2.87. The highest BCUT2D eigenvalue weighted by atomic mass is 16.5. The monoisotopic (exact) mass is 270 g/mol. The van der Waals surface area contributed by atoms with Crippen LogP contribution in [-0.2, 0) is 0 Å². The summed E-state index contributed by atoms with van der Waals surface area (Å²) in [5.74, 6) is -0.521. The van der Waals surface area contributed by atoms with Crippen molar-refractivity contribution in [1.82, 2.24) is 0 Å². The van der Waals surface area contributed by atoms with Crippen molar-refractivity contribution >= 4 is 5.97 Å². The normalized spacial score (nSPS) is 13.7. The Morgan fingerprint density at radius 3 is 1.79 bits per heavy atom. The Hall–Kier alpha value is -1.79. The number of carbonyl (C=O) groups is 1. The average Bonchev–Trinajstić information content (AvgIpc) is 2.33. The van der Waals surface area contributed by atoms with Gasteiger partial charge in [0.2, 0.25) is 0 Å². The zero-order valence-electron chi connectivity index (χ0n) is 10.9. The fraction of sp³-hybridized carbons (Fsp3) is 0.462. The second-order valence-electron chi connectivity index (χ2n) is 4.32. The Morgan fingerprint density at radius 1 is 1.05 bits per heavy atom. The Bertz CT molecular complexity index is 397. The third kappa shape index (κ3) is 5.58. The number of ether oxygens (including phenoxy) is 2. The smallest absolute Gasteiger partial charge is 0.335 e. The lowest BCUT2D eigenvalue weighted by molar-refractivity contribution is 0.0695. The predicted molar refractivity (Wildman–Crippen MR) is 67.8 cm³/mol. The number of carboxylic acid groups (broad SMARTS) is 1. The first kappa shape index (κ1) is 15.3. The molecule has 106 valence electrons. The van der Waals surface area contributed by atoms with Crippen molar-refractivity contribution in [3.63, 3.8) is 0 Å². The fourth-order valence-electron chi connectivity index (χ4n) is 1.30. The molecule has 0 radical (unpaired) electrons. The fourth-order valence-corrected chi connectivity index (χ4v) is 1.30. The van der Waals surface area contributed by atoms with E-state index in [1.807, 2.05) is 0 Å². The molecule has 0 aromatic heterocycles. The number of rotatable bonds is 7. The zero-order valence-corrected chi connectivity index (χ0v) is 10.9. The van der Waals surface area contributed by atoms with Crippen molar-refractivity contribution in [3.8, 4) is 11.5 Å². The molecule has 0 aliphatic heterocycles. The highest BCUT2D eigenvalue weighted by Gasteiger charge is 2.10. The van der Waals surface area contributed by atoms with Gasteiger partial charge in [0, 0.05) is 6.07 Å². The minimum Gasteiger partial charge on any atom is -0.491 e. The Labute approximate surface area is 111 Å². The molecule has 1 rings (SSSR count). The van der Waals surface area contributed by atoms with E-state index in [9.17, 15) is 4.79 Å². The van der Waals surface area contributed by atoms with Gasteiger partial charge in [0.05, 0.1) is 17.8 Å².